The Hall–Kier alpha value is -1.78. The van der Waals surface area contributed by atoms with Crippen LogP contribution in [0.4, 0.5) is 11.6 Å². The Labute approximate surface area is 108 Å². The van der Waals surface area contributed by atoms with Gasteiger partial charge in [0.25, 0.3) is 0 Å². The lowest BCUT2D eigenvalue weighted by Crippen LogP contribution is -2.37. The second kappa shape index (κ2) is 5.71. The van der Waals surface area contributed by atoms with Crippen LogP contribution in [0.15, 0.2) is 18.2 Å². The van der Waals surface area contributed by atoms with Crippen LogP contribution in [0.5, 0.6) is 0 Å². The van der Waals surface area contributed by atoms with Gasteiger partial charge < -0.3 is 15.1 Å². The molecule has 1 amide bonds. The topological polar surface area (TPSA) is 48.5 Å². The van der Waals surface area contributed by atoms with Crippen molar-refractivity contribution in [2.45, 2.75) is 12.8 Å². The van der Waals surface area contributed by atoms with Crippen molar-refractivity contribution in [2.24, 2.45) is 0 Å². The van der Waals surface area contributed by atoms with Gasteiger partial charge in [-0.3, -0.25) is 4.79 Å². The van der Waals surface area contributed by atoms with Gasteiger partial charge in [0.1, 0.15) is 11.6 Å². The number of carbonyl (C=O) groups is 1. The SMILES string of the molecule is CNc1cccc(N(C)CC(=O)N2CCCC2)n1. The molecule has 5 heteroatoms. The largest absolute Gasteiger partial charge is 0.373 e. The number of nitrogens with zero attached hydrogens (tertiary/aromatic N) is 3. The molecule has 1 saturated heterocycles. The average molecular weight is 248 g/mol. The van der Waals surface area contributed by atoms with Gasteiger partial charge in [0, 0.05) is 27.2 Å². The number of likely N-dealkylation sites (tertiary alicyclic amines) is 1. The van der Waals surface area contributed by atoms with Crippen LogP contribution in [0.1, 0.15) is 12.8 Å². The van der Waals surface area contributed by atoms with Crippen LogP contribution < -0.4 is 10.2 Å². The lowest BCUT2D eigenvalue weighted by molar-refractivity contribution is -0.128. The number of rotatable bonds is 4. The molecule has 1 aliphatic rings. The maximum absolute atomic E-state index is 12.0. The highest BCUT2D eigenvalue weighted by atomic mass is 16.2. The fraction of sp³-hybridized carbons (Fsp3) is 0.538. The van der Waals surface area contributed by atoms with E-state index in [1.54, 1.807) is 0 Å². The third-order valence-corrected chi connectivity index (χ3v) is 3.21. The van der Waals surface area contributed by atoms with Gasteiger partial charge in [-0.1, -0.05) is 6.07 Å². The minimum absolute atomic E-state index is 0.187. The molecule has 0 radical (unpaired) electrons. The number of anilines is 2. The summed E-state index contributed by atoms with van der Waals surface area (Å²) in [5.41, 5.74) is 0. The summed E-state index contributed by atoms with van der Waals surface area (Å²) in [5.74, 6) is 1.81. The number of aromatic nitrogens is 1. The molecule has 18 heavy (non-hydrogen) atoms. The van der Waals surface area contributed by atoms with Crippen LogP contribution in [0.2, 0.25) is 0 Å². The second-order valence-corrected chi connectivity index (χ2v) is 4.57. The number of hydrogen-bond acceptors (Lipinski definition) is 4. The molecule has 0 aliphatic carbocycles. The number of likely N-dealkylation sites (N-methyl/N-ethyl adjacent to an activating group) is 1. The van der Waals surface area contributed by atoms with E-state index < -0.39 is 0 Å². The molecular weight excluding hydrogens is 228 g/mol. The Morgan fingerprint density at radius 2 is 2.17 bits per heavy atom. The van der Waals surface area contributed by atoms with E-state index in [0.717, 1.165) is 37.6 Å². The van der Waals surface area contributed by atoms with Crippen LogP contribution >= 0.6 is 0 Å². The Bertz CT molecular complexity index is 415. The van der Waals surface area contributed by atoms with Crippen LogP contribution in [-0.2, 0) is 4.79 Å². The van der Waals surface area contributed by atoms with Gasteiger partial charge in [-0.2, -0.15) is 0 Å². The maximum Gasteiger partial charge on any atom is 0.242 e. The highest BCUT2D eigenvalue weighted by Gasteiger charge is 2.19. The van der Waals surface area contributed by atoms with Crippen molar-refractivity contribution in [3.8, 4) is 0 Å². The minimum atomic E-state index is 0.187. The van der Waals surface area contributed by atoms with Crippen molar-refractivity contribution in [1.29, 1.82) is 0 Å². The van der Waals surface area contributed by atoms with E-state index in [4.69, 9.17) is 0 Å². The van der Waals surface area contributed by atoms with Crippen LogP contribution in [0.25, 0.3) is 0 Å². The first-order valence-electron chi connectivity index (χ1n) is 6.34. The number of carbonyl (C=O) groups excluding carboxylic acids is 1. The van der Waals surface area contributed by atoms with Gasteiger partial charge in [0.2, 0.25) is 5.91 Å². The van der Waals surface area contributed by atoms with Crippen LogP contribution in [0, 0.1) is 0 Å². The zero-order valence-electron chi connectivity index (χ0n) is 11.0. The normalized spacial score (nSPS) is 14.7. The van der Waals surface area contributed by atoms with E-state index in [9.17, 15) is 4.79 Å². The first-order valence-corrected chi connectivity index (χ1v) is 6.34. The summed E-state index contributed by atoms with van der Waals surface area (Å²) < 4.78 is 0. The molecule has 1 aromatic rings. The molecule has 0 atom stereocenters. The third-order valence-electron chi connectivity index (χ3n) is 3.21. The van der Waals surface area contributed by atoms with Crippen LogP contribution in [-0.4, -0.2) is 49.5 Å². The summed E-state index contributed by atoms with van der Waals surface area (Å²) in [6.45, 7) is 2.19. The van der Waals surface area contributed by atoms with Gasteiger partial charge >= 0.3 is 0 Å². The Balaban J connectivity index is 1.97. The van der Waals surface area contributed by atoms with Gasteiger partial charge in [-0.25, -0.2) is 4.98 Å². The highest BCUT2D eigenvalue weighted by Crippen LogP contribution is 2.13. The molecule has 2 rings (SSSR count). The Kier molecular flexibility index (Phi) is 4.02. The molecule has 0 saturated carbocycles. The van der Waals surface area contributed by atoms with Crippen molar-refractivity contribution >= 4 is 17.5 Å². The van der Waals surface area contributed by atoms with Crippen molar-refractivity contribution < 1.29 is 4.79 Å². The van der Waals surface area contributed by atoms with E-state index >= 15 is 0 Å². The predicted molar refractivity (Wildman–Crippen MR) is 72.9 cm³/mol. The highest BCUT2D eigenvalue weighted by molar-refractivity contribution is 5.81. The summed E-state index contributed by atoms with van der Waals surface area (Å²) in [7, 11) is 3.73. The third kappa shape index (κ3) is 2.91. The Morgan fingerprint density at radius 1 is 1.44 bits per heavy atom. The minimum Gasteiger partial charge on any atom is -0.373 e. The zero-order chi connectivity index (χ0) is 13.0. The summed E-state index contributed by atoms with van der Waals surface area (Å²) in [5, 5.41) is 3.00. The van der Waals surface area contributed by atoms with E-state index in [1.807, 2.05) is 42.1 Å². The molecule has 1 aromatic heterocycles. The van der Waals surface area contributed by atoms with Gasteiger partial charge in [-0.05, 0) is 25.0 Å². The molecule has 2 heterocycles. The first-order chi connectivity index (χ1) is 8.70. The summed E-state index contributed by atoms with van der Waals surface area (Å²) in [6.07, 6.45) is 2.26. The molecule has 0 spiro atoms. The maximum atomic E-state index is 12.0. The predicted octanol–water partition coefficient (Wildman–Crippen LogP) is 1.18. The quantitative estimate of drug-likeness (QED) is 0.869. The zero-order valence-corrected chi connectivity index (χ0v) is 11.0. The van der Waals surface area contributed by atoms with Crippen LogP contribution in [0.3, 0.4) is 0 Å². The second-order valence-electron chi connectivity index (χ2n) is 4.57. The molecule has 5 nitrogen and oxygen atoms in total. The lowest BCUT2D eigenvalue weighted by atomic mass is 10.4. The van der Waals surface area contributed by atoms with Gasteiger partial charge in [0.05, 0.1) is 6.54 Å². The van der Waals surface area contributed by atoms with E-state index in [0.29, 0.717) is 6.54 Å². The molecule has 0 aromatic carbocycles. The molecule has 1 aliphatic heterocycles. The molecule has 98 valence electrons. The van der Waals surface area contributed by atoms with Crippen molar-refractivity contribution in [3.05, 3.63) is 18.2 Å². The fourth-order valence-electron chi connectivity index (χ4n) is 2.13. The summed E-state index contributed by atoms with van der Waals surface area (Å²) in [6, 6.07) is 5.75. The van der Waals surface area contributed by atoms with E-state index in [-0.39, 0.29) is 5.91 Å². The fourth-order valence-corrected chi connectivity index (χ4v) is 2.13. The average Bonchev–Trinajstić information content (AvgIpc) is 2.92. The standard InChI is InChI=1S/C13H20N4O/c1-14-11-6-5-7-12(15-11)16(2)10-13(18)17-8-3-4-9-17/h5-7H,3-4,8-10H2,1-2H3,(H,14,15). The smallest absolute Gasteiger partial charge is 0.242 e. The number of amides is 1. The molecule has 1 fully saturated rings. The summed E-state index contributed by atoms with van der Waals surface area (Å²) >= 11 is 0. The van der Waals surface area contributed by atoms with Crippen molar-refractivity contribution in [3.63, 3.8) is 0 Å². The van der Waals surface area contributed by atoms with Gasteiger partial charge in [-0.15, -0.1) is 0 Å². The Morgan fingerprint density at radius 3 is 2.83 bits per heavy atom. The van der Waals surface area contributed by atoms with E-state index in [2.05, 4.69) is 10.3 Å². The first kappa shape index (κ1) is 12.7. The van der Waals surface area contributed by atoms with Gasteiger partial charge in [0.15, 0.2) is 0 Å². The number of pyridine rings is 1. The summed E-state index contributed by atoms with van der Waals surface area (Å²) in [4.78, 5) is 20.3. The van der Waals surface area contributed by atoms with Crippen molar-refractivity contribution in [2.75, 3.05) is 43.9 Å². The number of hydrogen-bond donors (Lipinski definition) is 1. The molecule has 0 bridgehead atoms. The lowest BCUT2D eigenvalue weighted by Gasteiger charge is -2.22. The molecule has 1 N–H and O–H groups in total. The monoisotopic (exact) mass is 248 g/mol. The van der Waals surface area contributed by atoms with E-state index in [1.165, 1.54) is 0 Å². The number of nitrogens with one attached hydrogen (secondary N) is 1. The van der Waals surface area contributed by atoms with Crippen molar-refractivity contribution in [1.82, 2.24) is 9.88 Å². The molecule has 0 unspecified atom stereocenters. The molecular formula is C13H20N4O.